The van der Waals surface area contributed by atoms with Crippen molar-refractivity contribution in [2.75, 3.05) is 12.4 Å². The van der Waals surface area contributed by atoms with Gasteiger partial charge in [-0.25, -0.2) is 0 Å². The first-order chi connectivity index (χ1) is 10.4. The molecule has 0 fully saturated rings. The van der Waals surface area contributed by atoms with Gasteiger partial charge in [0.1, 0.15) is 12.3 Å². The first-order valence-electron chi connectivity index (χ1n) is 6.40. The number of ether oxygens (including phenoxy) is 1. The molecule has 1 aromatic heterocycles. The SMILES string of the molecule is COc1ccc(NC(=O)Cn2cc(Br)cc(C)c2=O)cc1Cl. The second kappa shape index (κ2) is 6.98. The molecule has 0 unspecified atom stereocenters. The van der Waals surface area contributed by atoms with Gasteiger partial charge in [-0.05, 0) is 47.1 Å². The number of nitrogens with zero attached hydrogens (tertiary/aromatic N) is 1. The Bertz CT molecular complexity index is 774. The van der Waals surface area contributed by atoms with Crippen molar-refractivity contribution in [3.05, 3.63) is 55.9 Å². The zero-order valence-electron chi connectivity index (χ0n) is 12.0. The predicted molar refractivity (Wildman–Crippen MR) is 89.8 cm³/mol. The fourth-order valence-corrected chi connectivity index (χ4v) is 2.80. The van der Waals surface area contributed by atoms with Gasteiger partial charge in [-0.2, -0.15) is 0 Å². The number of carbonyl (C=O) groups is 1. The summed E-state index contributed by atoms with van der Waals surface area (Å²) in [6.07, 6.45) is 1.58. The summed E-state index contributed by atoms with van der Waals surface area (Å²) in [6.45, 7) is 1.62. The van der Waals surface area contributed by atoms with Gasteiger partial charge in [0.2, 0.25) is 5.91 Å². The number of amides is 1. The third-order valence-electron chi connectivity index (χ3n) is 2.98. The summed E-state index contributed by atoms with van der Waals surface area (Å²) in [5.41, 5.74) is 0.899. The summed E-state index contributed by atoms with van der Waals surface area (Å²) in [5.74, 6) is 0.208. The minimum atomic E-state index is -0.319. The van der Waals surface area contributed by atoms with Gasteiger partial charge in [0.15, 0.2) is 0 Å². The highest BCUT2D eigenvalue weighted by molar-refractivity contribution is 9.10. The Kier molecular flexibility index (Phi) is 5.26. The van der Waals surface area contributed by atoms with Gasteiger partial charge in [0, 0.05) is 21.9 Å². The molecule has 7 heteroatoms. The molecule has 0 aliphatic rings. The van der Waals surface area contributed by atoms with Crippen molar-refractivity contribution >= 4 is 39.1 Å². The Morgan fingerprint density at radius 2 is 2.14 bits per heavy atom. The summed E-state index contributed by atoms with van der Waals surface area (Å²) >= 11 is 9.31. The average Bonchev–Trinajstić information content (AvgIpc) is 2.44. The van der Waals surface area contributed by atoms with E-state index in [2.05, 4.69) is 21.2 Å². The maximum atomic E-state index is 12.1. The number of hydrogen-bond acceptors (Lipinski definition) is 3. The lowest BCUT2D eigenvalue weighted by molar-refractivity contribution is -0.116. The van der Waals surface area contributed by atoms with Gasteiger partial charge in [0.05, 0.1) is 12.1 Å². The van der Waals surface area contributed by atoms with Gasteiger partial charge < -0.3 is 14.6 Å². The van der Waals surface area contributed by atoms with Crippen LogP contribution in [0.4, 0.5) is 5.69 Å². The largest absolute Gasteiger partial charge is 0.495 e. The zero-order valence-corrected chi connectivity index (χ0v) is 14.4. The van der Waals surface area contributed by atoms with E-state index in [1.165, 1.54) is 11.7 Å². The van der Waals surface area contributed by atoms with Crippen LogP contribution in [0.1, 0.15) is 5.56 Å². The van der Waals surface area contributed by atoms with E-state index in [1.54, 1.807) is 37.4 Å². The number of aromatic nitrogens is 1. The van der Waals surface area contributed by atoms with Crippen LogP contribution in [0.25, 0.3) is 0 Å². The molecule has 2 rings (SSSR count). The number of hydrogen-bond donors (Lipinski definition) is 1. The van der Waals surface area contributed by atoms with Crippen LogP contribution in [-0.4, -0.2) is 17.6 Å². The quantitative estimate of drug-likeness (QED) is 0.879. The lowest BCUT2D eigenvalue weighted by atomic mass is 10.3. The lowest BCUT2D eigenvalue weighted by Crippen LogP contribution is -2.28. The van der Waals surface area contributed by atoms with Crippen LogP contribution in [0.15, 0.2) is 39.7 Å². The molecule has 22 heavy (non-hydrogen) atoms. The van der Waals surface area contributed by atoms with E-state index in [4.69, 9.17) is 16.3 Å². The number of anilines is 1. The summed E-state index contributed by atoms with van der Waals surface area (Å²) in [6, 6.07) is 6.64. The molecule has 0 atom stereocenters. The molecular weight excluding hydrogens is 372 g/mol. The van der Waals surface area contributed by atoms with Crippen LogP contribution in [0.3, 0.4) is 0 Å². The second-order valence-corrected chi connectivity index (χ2v) is 5.99. The normalized spacial score (nSPS) is 10.4. The Morgan fingerprint density at radius 3 is 2.77 bits per heavy atom. The molecule has 0 aliphatic carbocycles. The maximum absolute atomic E-state index is 12.1. The van der Waals surface area contributed by atoms with Crippen molar-refractivity contribution in [2.24, 2.45) is 0 Å². The molecular formula is C15H14BrClN2O3. The van der Waals surface area contributed by atoms with Crippen molar-refractivity contribution in [3.63, 3.8) is 0 Å². The predicted octanol–water partition coefficient (Wildman–Crippen LogP) is 3.22. The minimum Gasteiger partial charge on any atom is -0.495 e. The van der Waals surface area contributed by atoms with Crippen molar-refractivity contribution < 1.29 is 9.53 Å². The molecule has 0 radical (unpaired) electrons. The molecule has 1 N–H and O–H groups in total. The van der Waals surface area contributed by atoms with Crippen LogP contribution in [0.5, 0.6) is 5.75 Å². The van der Waals surface area contributed by atoms with E-state index >= 15 is 0 Å². The Hall–Kier alpha value is -1.79. The topological polar surface area (TPSA) is 60.3 Å². The van der Waals surface area contributed by atoms with E-state index in [9.17, 15) is 9.59 Å². The Balaban J connectivity index is 2.14. The molecule has 0 saturated heterocycles. The first kappa shape index (κ1) is 16.6. The summed E-state index contributed by atoms with van der Waals surface area (Å²) in [5, 5.41) is 3.09. The molecule has 1 heterocycles. The monoisotopic (exact) mass is 384 g/mol. The molecule has 2 aromatic rings. The smallest absolute Gasteiger partial charge is 0.253 e. The second-order valence-electron chi connectivity index (χ2n) is 4.67. The zero-order chi connectivity index (χ0) is 16.3. The lowest BCUT2D eigenvalue weighted by Gasteiger charge is -2.10. The summed E-state index contributed by atoms with van der Waals surface area (Å²) in [4.78, 5) is 24.0. The van der Waals surface area contributed by atoms with Crippen LogP contribution in [0, 0.1) is 6.92 Å². The maximum Gasteiger partial charge on any atom is 0.253 e. The third kappa shape index (κ3) is 3.90. The van der Waals surface area contributed by atoms with Crippen molar-refractivity contribution in [3.8, 4) is 5.75 Å². The first-order valence-corrected chi connectivity index (χ1v) is 7.58. The number of pyridine rings is 1. The van der Waals surface area contributed by atoms with Gasteiger partial charge in [-0.3, -0.25) is 9.59 Å². The summed E-state index contributed by atoms with van der Waals surface area (Å²) < 4.78 is 7.14. The molecule has 1 aromatic carbocycles. The van der Waals surface area contributed by atoms with Crippen LogP contribution in [-0.2, 0) is 11.3 Å². The average molecular weight is 386 g/mol. The van der Waals surface area contributed by atoms with Crippen LogP contribution >= 0.6 is 27.5 Å². The number of rotatable bonds is 4. The molecule has 0 spiro atoms. The van der Waals surface area contributed by atoms with Crippen LogP contribution in [0.2, 0.25) is 5.02 Å². The van der Waals surface area contributed by atoms with Crippen molar-refractivity contribution in [1.29, 1.82) is 0 Å². The highest BCUT2D eigenvalue weighted by Crippen LogP contribution is 2.27. The minimum absolute atomic E-state index is 0.0806. The van der Waals surface area contributed by atoms with E-state index < -0.39 is 0 Å². The number of methoxy groups -OCH3 is 1. The van der Waals surface area contributed by atoms with E-state index in [0.29, 0.717) is 22.0 Å². The van der Waals surface area contributed by atoms with Gasteiger partial charge in [-0.1, -0.05) is 11.6 Å². The summed E-state index contributed by atoms with van der Waals surface area (Å²) in [7, 11) is 1.52. The number of carbonyl (C=O) groups excluding carboxylic acids is 1. The molecule has 116 valence electrons. The highest BCUT2D eigenvalue weighted by Gasteiger charge is 2.09. The Morgan fingerprint density at radius 1 is 1.41 bits per heavy atom. The molecule has 0 saturated carbocycles. The number of halogens is 2. The molecule has 5 nitrogen and oxygen atoms in total. The van der Waals surface area contributed by atoms with Gasteiger partial charge >= 0.3 is 0 Å². The van der Waals surface area contributed by atoms with Gasteiger partial charge in [0.25, 0.3) is 5.56 Å². The number of nitrogens with one attached hydrogen (secondary N) is 1. The van der Waals surface area contributed by atoms with Crippen molar-refractivity contribution in [1.82, 2.24) is 4.57 Å². The Labute approximate surface area is 141 Å². The van der Waals surface area contributed by atoms with E-state index in [1.807, 2.05) is 0 Å². The van der Waals surface area contributed by atoms with E-state index in [0.717, 1.165) is 4.47 Å². The fraction of sp³-hybridized carbons (Fsp3) is 0.200. The molecule has 1 amide bonds. The standard InChI is InChI=1S/C15H14BrClN2O3/c1-9-5-10(16)7-19(15(9)21)8-14(20)18-11-3-4-13(22-2)12(17)6-11/h3-7H,8H2,1-2H3,(H,18,20). The number of aryl methyl sites for hydroxylation is 1. The van der Waals surface area contributed by atoms with Crippen molar-refractivity contribution in [2.45, 2.75) is 13.5 Å². The highest BCUT2D eigenvalue weighted by atomic mass is 79.9. The van der Waals surface area contributed by atoms with Gasteiger partial charge in [-0.15, -0.1) is 0 Å². The van der Waals surface area contributed by atoms with Crippen LogP contribution < -0.4 is 15.6 Å². The van der Waals surface area contributed by atoms with E-state index in [-0.39, 0.29) is 18.0 Å². The molecule has 0 bridgehead atoms. The number of benzene rings is 1. The molecule has 0 aliphatic heterocycles. The fourth-order valence-electron chi connectivity index (χ4n) is 1.96. The third-order valence-corrected chi connectivity index (χ3v) is 3.71.